The molecule has 0 spiro atoms. The highest BCUT2D eigenvalue weighted by Crippen LogP contribution is 2.67. The van der Waals surface area contributed by atoms with E-state index in [-0.39, 0.29) is 42.4 Å². The summed E-state index contributed by atoms with van der Waals surface area (Å²) in [6, 6.07) is 14.7. The van der Waals surface area contributed by atoms with Crippen LogP contribution in [0.15, 0.2) is 48.5 Å². The average Bonchev–Trinajstić information content (AvgIpc) is 3.76. The van der Waals surface area contributed by atoms with Crippen LogP contribution in [-0.2, 0) is 14.3 Å². The number of carbonyl (C=O) groups excluding carboxylic acids is 2. The zero-order valence-corrected chi connectivity index (χ0v) is 21.6. The van der Waals surface area contributed by atoms with Crippen molar-refractivity contribution < 1.29 is 19.4 Å². The minimum atomic E-state index is -0.960. The highest BCUT2D eigenvalue weighted by molar-refractivity contribution is 6.30. The van der Waals surface area contributed by atoms with Gasteiger partial charge in [-0.05, 0) is 80.3 Å². The fraction of sp³-hybridized carbons (Fsp3) is 0.500. The Morgan fingerprint density at radius 1 is 1.11 bits per heavy atom. The van der Waals surface area contributed by atoms with E-state index in [0.717, 1.165) is 24.0 Å². The third-order valence-electron chi connectivity index (χ3n) is 8.60. The Hall–Kier alpha value is -2.08. The zero-order valence-electron chi connectivity index (χ0n) is 20.0. The summed E-state index contributed by atoms with van der Waals surface area (Å²) in [6.07, 6.45) is 3.67. The van der Waals surface area contributed by atoms with E-state index < -0.39 is 10.8 Å². The maximum Gasteiger partial charge on any atom is 0.312 e. The number of aliphatic hydroxyl groups is 1. The molecule has 5 nitrogen and oxygen atoms in total. The number of methoxy groups -OCH3 is 1. The smallest absolute Gasteiger partial charge is 0.312 e. The summed E-state index contributed by atoms with van der Waals surface area (Å²) in [6.45, 7) is 1.80. The molecule has 3 fully saturated rings. The van der Waals surface area contributed by atoms with Gasteiger partial charge >= 0.3 is 5.97 Å². The van der Waals surface area contributed by atoms with Crippen LogP contribution in [0, 0.1) is 16.7 Å². The van der Waals surface area contributed by atoms with Crippen molar-refractivity contribution in [1.82, 2.24) is 4.90 Å². The van der Waals surface area contributed by atoms with Gasteiger partial charge in [0.25, 0.3) is 0 Å². The standard InChI is InChI=1S/C28H31Cl2NO4/c1-27(28(12-13-28)26(34)35-2)15-22(19-4-3-5-21(30)14-19)24(18-8-10-20(29)11-9-18)31(25(27)33)23(16-32)17-6-7-17/h3-5,8-11,14,17,22-24,32H,6-7,12-13,15-16H2,1-2H3. The predicted molar refractivity (Wildman–Crippen MR) is 135 cm³/mol. The lowest BCUT2D eigenvalue weighted by Crippen LogP contribution is -2.60. The minimum Gasteiger partial charge on any atom is -0.469 e. The van der Waals surface area contributed by atoms with Crippen molar-refractivity contribution in [3.05, 3.63) is 69.7 Å². The number of ether oxygens (including phenoxy) is 1. The summed E-state index contributed by atoms with van der Waals surface area (Å²) in [5.74, 6) is -0.290. The van der Waals surface area contributed by atoms with Crippen molar-refractivity contribution in [2.45, 2.75) is 57.0 Å². The molecule has 7 heteroatoms. The van der Waals surface area contributed by atoms with E-state index in [0.29, 0.717) is 29.3 Å². The maximum absolute atomic E-state index is 14.5. The molecule has 4 atom stereocenters. The van der Waals surface area contributed by atoms with Crippen molar-refractivity contribution in [1.29, 1.82) is 0 Å². The molecule has 35 heavy (non-hydrogen) atoms. The lowest BCUT2D eigenvalue weighted by Gasteiger charge is -2.54. The number of aliphatic hydroxyl groups excluding tert-OH is 1. The number of esters is 1. The number of rotatable bonds is 7. The van der Waals surface area contributed by atoms with Gasteiger partial charge in [-0.3, -0.25) is 9.59 Å². The van der Waals surface area contributed by atoms with E-state index in [1.807, 2.05) is 60.4 Å². The molecule has 2 aromatic carbocycles. The first-order valence-corrected chi connectivity index (χ1v) is 13.0. The number of halogens is 2. The Morgan fingerprint density at radius 3 is 2.34 bits per heavy atom. The van der Waals surface area contributed by atoms with Crippen LogP contribution in [0.25, 0.3) is 0 Å². The molecule has 1 amide bonds. The molecule has 1 saturated heterocycles. The summed E-state index contributed by atoms with van der Waals surface area (Å²) < 4.78 is 5.22. The van der Waals surface area contributed by atoms with Crippen molar-refractivity contribution in [3.8, 4) is 0 Å². The highest BCUT2D eigenvalue weighted by atomic mass is 35.5. The van der Waals surface area contributed by atoms with Crippen LogP contribution >= 0.6 is 23.2 Å². The quantitative estimate of drug-likeness (QED) is 0.474. The van der Waals surface area contributed by atoms with Gasteiger partial charge < -0.3 is 14.7 Å². The third kappa shape index (κ3) is 4.06. The van der Waals surface area contributed by atoms with Crippen LogP contribution in [0.3, 0.4) is 0 Å². The molecule has 2 aliphatic carbocycles. The molecule has 0 aromatic heterocycles. The molecule has 0 bridgehead atoms. The number of hydrogen-bond donors (Lipinski definition) is 1. The van der Waals surface area contributed by atoms with Crippen LogP contribution in [-0.4, -0.2) is 41.6 Å². The molecule has 0 radical (unpaired) electrons. The van der Waals surface area contributed by atoms with Crippen molar-refractivity contribution >= 4 is 35.1 Å². The van der Waals surface area contributed by atoms with Crippen LogP contribution in [0.2, 0.25) is 10.0 Å². The molecule has 1 aliphatic heterocycles. The lowest BCUT2D eigenvalue weighted by molar-refractivity contribution is -0.173. The van der Waals surface area contributed by atoms with Crippen LogP contribution < -0.4 is 0 Å². The lowest BCUT2D eigenvalue weighted by atomic mass is 9.61. The number of nitrogens with zero attached hydrogens (tertiary/aromatic N) is 1. The van der Waals surface area contributed by atoms with Gasteiger partial charge in [0.05, 0.1) is 36.6 Å². The molecular formula is C28H31Cl2NO4. The van der Waals surface area contributed by atoms with Crippen LogP contribution in [0.5, 0.6) is 0 Å². The molecular weight excluding hydrogens is 485 g/mol. The zero-order chi connectivity index (χ0) is 25.0. The molecule has 1 heterocycles. The van der Waals surface area contributed by atoms with Gasteiger partial charge in [-0.25, -0.2) is 0 Å². The van der Waals surface area contributed by atoms with Gasteiger partial charge in [0, 0.05) is 16.0 Å². The molecule has 1 N–H and O–H groups in total. The fourth-order valence-electron chi connectivity index (χ4n) is 6.34. The first-order chi connectivity index (χ1) is 16.8. The second-order valence-corrected chi connectivity index (χ2v) is 11.4. The SMILES string of the molecule is COC(=O)C1(C2(C)CC(c3cccc(Cl)c3)C(c3ccc(Cl)cc3)N(C(CO)C3CC3)C2=O)CC1. The number of piperidine rings is 1. The number of benzene rings is 2. The van der Waals surface area contributed by atoms with Crippen molar-refractivity contribution in [2.24, 2.45) is 16.7 Å². The van der Waals surface area contributed by atoms with Gasteiger partial charge in [0.15, 0.2) is 0 Å². The van der Waals surface area contributed by atoms with E-state index in [1.54, 1.807) is 0 Å². The number of carbonyl (C=O) groups is 2. The predicted octanol–water partition coefficient (Wildman–Crippen LogP) is 5.78. The van der Waals surface area contributed by atoms with Crippen LogP contribution in [0.4, 0.5) is 0 Å². The number of likely N-dealkylation sites (tertiary alicyclic amines) is 1. The molecule has 5 rings (SSSR count). The Bertz CT molecular complexity index is 1130. The average molecular weight is 516 g/mol. The van der Waals surface area contributed by atoms with E-state index in [1.165, 1.54) is 7.11 Å². The normalized spacial score (nSPS) is 28.5. The first kappa shape index (κ1) is 24.6. The van der Waals surface area contributed by atoms with E-state index in [9.17, 15) is 14.7 Å². The van der Waals surface area contributed by atoms with Gasteiger partial charge in [0.1, 0.15) is 0 Å². The second kappa shape index (κ2) is 9.10. The Balaban J connectivity index is 1.71. The van der Waals surface area contributed by atoms with Gasteiger partial charge in [-0.15, -0.1) is 0 Å². The summed E-state index contributed by atoms with van der Waals surface area (Å²) in [7, 11) is 1.39. The maximum atomic E-state index is 14.5. The monoisotopic (exact) mass is 515 g/mol. The van der Waals surface area contributed by atoms with Crippen molar-refractivity contribution in [2.75, 3.05) is 13.7 Å². The Labute approximate surface area is 216 Å². The van der Waals surface area contributed by atoms with Gasteiger partial charge in [-0.2, -0.15) is 0 Å². The third-order valence-corrected chi connectivity index (χ3v) is 9.08. The Kier molecular flexibility index (Phi) is 6.40. The Morgan fingerprint density at radius 2 is 1.80 bits per heavy atom. The van der Waals surface area contributed by atoms with E-state index in [4.69, 9.17) is 27.9 Å². The minimum absolute atomic E-state index is 0.0791. The van der Waals surface area contributed by atoms with Crippen molar-refractivity contribution in [3.63, 3.8) is 0 Å². The van der Waals surface area contributed by atoms with Gasteiger partial charge in [-0.1, -0.05) is 47.5 Å². The summed E-state index contributed by atoms with van der Waals surface area (Å²) in [5.41, 5.74) is 0.159. The number of hydrogen-bond acceptors (Lipinski definition) is 4. The van der Waals surface area contributed by atoms with Gasteiger partial charge in [0.2, 0.25) is 5.91 Å². The first-order valence-electron chi connectivity index (χ1n) is 12.3. The largest absolute Gasteiger partial charge is 0.469 e. The molecule has 2 saturated carbocycles. The molecule has 2 aromatic rings. The second-order valence-electron chi connectivity index (χ2n) is 10.6. The molecule has 3 aliphatic rings. The van der Waals surface area contributed by atoms with E-state index in [2.05, 4.69) is 0 Å². The van der Waals surface area contributed by atoms with Crippen LogP contribution in [0.1, 0.15) is 62.1 Å². The van der Waals surface area contributed by atoms with E-state index >= 15 is 0 Å². The molecule has 4 unspecified atom stereocenters. The summed E-state index contributed by atoms with van der Waals surface area (Å²) >= 11 is 12.6. The number of amides is 1. The summed E-state index contributed by atoms with van der Waals surface area (Å²) in [4.78, 5) is 29.5. The summed E-state index contributed by atoms with van der Waals surface area (Å²) in [5, 5.41) is 11.8. The highest BCUT2D eigenvalue weighted by Gasteiger charge is 2.70. The molecule has 186 valence electrons. The topological polar surface area (TPSA) is 66.8 Å². The fourth-order valence-corrected chi connectivity index (χ4v) is 6.66.